The Morgan fingerprint density at radius 3 is 2.68 bits per heavy atom. The molecule has 5 rings (SSSR count). The van der Waals surface area contributed by atoms with Crippen molar-refractivity contribution < 1.29 is 18.7 Å². The molecule has 3 aromatic carbocycles. The minimum Gasteiger partial charge on any atom is -0.507 e. The van der Waals surface area contributed by atoms with E-state index in [0.29, 0.717) is 55.4 Å². The highest BCUT2D eigenvalue weighted by atomic mass is 35.5. The number of aromatic hydroxyl groups is 1. The summed E-state index contributed by atoms with van der Waals surface area (Å²) >= 11 is 17.5. The van der Waals surface area contributed by atoms with Crippen molar-refractivity contribution in [3.63, 3.8) is 0 Å². The third kappa shape index (κ3) is 5.57. The number of anilines is 1. The molecule has 5 aromatic rings. The molecule has 0 radical (unpaired) electrons. The van der Waals surface area contributed by atoms with Crippen LogP contribution in [0.2, 0.25) is 10.0 Å². The number of halogens is 2. The van der Waals surface area contributed by atoms with Crippen molar-refractivity contribution in [1.29, 1.82) is 0 Å². The largest absolute Gasteiger partial charge is 0.507 e. The average molecular weight is 564 g/mol. The SMILES string of the molecule is Cc1ccc2oc(-c3ccc(NC(=S)NC(=O)C=Cc4ccc(-c5cccc(Cl)c5Cl)o4)cc3O)nc2c1. The van der Waals surface area contributed by atoms with E-state index in [1.807, 2.05) is 25.1 Å². The Morgan fingerprint density at radius 1 is 1.03 bits per heavy atom. The zero-order valence-electron chi connectivity index (χ0n) is 19.8. The van der Waals surface area contributed by atoms with Crippen LogP contribution in [0.5, 0.6) is 5.75 Å². The van der Waals surface area contributed by atoms with Crippen molar-refractivity contribution in [2.45, 2.75) is 6.92 Å². The number of oxazole rings is 1. The van der Waals surface area contributed by atoms with Gasteiger partial charge >= 0.3 is 0 Å². The number of phenolic OH excluding ortho intramolecular Hbond substituents is 1. The number of furan rings is 1. The Kier molecular flexibility index (Phi) is 7.20. The number of hydrogen-bond acceptors (Lipinski definition) is 6. The number of fused-ring (bicyclic) bond motifs is 1. The number of aryl methyl sites for hydroxylation is 1. The second-order valence-electron chi connectivity index (χ2n) is 8.30. The van der Waals surface area contributed by atoms with Gasteiger partial charge in [-0.3, -0.25) is 10.1 Å². The van der Waals surface area contributed by atoms with Gasteiger partial charge in [0.1, 0.15) is 22.8 Å². The van der Waals surface area contributed by atoms with Crippen LogP contribution in [0.1, 0.15) is 11.3 Å². The summed E-state index contributed by atoms with van der Waals surface area (Å²) in [5.41, 5.74) is 3.94. The van der Waals surface area contributed by atoms with Gasteiger partial charge < -0.3 is 19.3 Å². The number of thiocarbonyl (C=S) groups is 1. The predicted octanol–water partition coefficient (Wildman–Crippen LogP) is 7.60. The first kappa shape index (κ1) is 25.5. The van der Waals surface area contributed by atoms with Crippen LogP contribution in [-0.4, -0.2) is 21.1 Å². The van der Waals surface area contributed by atoms with Crippen LogP contribution in [0.15, 0.2) is 81.6 Å². The molecular weight excluding hydrogens is 545 g/mol. The van der Waals surface area contributed by atoms with E-state index in [1.165, 1.54) is 18.2 Å². The van der Waals surface area contributed by atoms with Crippen molar-refractivity contribution in [3.05, 3.63) is 94.2 Å². The van der Waals surface area contributed by atoms with Crippen molar-refractivity contribution in [2.75, 3.05) is 5.32 Å². The number of phenols is 1. The molecule has 2 aromatic heterocycles. The normalized spacial score (nSPS) is 11.2. The van der Waals surface area contributed by atoms with Crippen LogP contribution in [0, 0.1) is 6.92 Å². The van der Waals surface area contributed by atoms with Gasteiger partial charge in [0.05, 0.1) is 15.6 Å². The number of rotatable bonds is 5. The summed E-state index contributed by atoms with van der Waals surface area (Å²) in [6.45, 7) is 1.97. The van der Waals surface area contributed by atoms with Gasteiger partial charge in [-0.15, -0.1) is 0 Å². The first-order chi connectivity index (χ1) is 18.3. The summed E-state index contributed by atoms with van der Waals surface area (Å²) in [5.74, 6) is 0.741. The number of carbonyl (C=O) groups is 1. The third-order valence-corrected chi connectivity index (χ3v) is 6.53. The Labute approximate surface area is 232 Å². The van der Waals surface area contributed by atoms with Gasteiger partial charge in [-0.2, -0.15) is 0 Å². The van der Waals surface area contributed by atoms with Crippen LogP contribution >= 0.6 is 35.4 Å². The van der Waals surface area contributed by atoms with Crippen LogP contribution < -0.4 is 10.6 Å². The second-order valence-corrected chi connectivity index (χ2v) is 9.50. The summed E-state index contributed by atoms with van der Waals surface area (Å²) in [7, 11) is 0. The molecule has 38 heavy (non-hydrogen) atoms. The van der Waals surface area contributed by atoms with E-state index < -0.39 is 5.91 Å². The van der Waals surface area contributed by atoms with Crippen molar-refractivity contribution in [1.82, 2.24) is 10.3 Å². The lowest BCUT2D eigenvalue weighted by atomic mass is 10.2. The number of benzene rings is 3. The van der Waals surface area contributed by atoms with E-state index in [2.05, 4.69) is 15.6 Å². The first-order valence-electron chi connectivity index (χ1n) is 11.3. The molecule has 2 heterocycles. The molecule has 0 aliphatic heterocycles. The van der Waals surface area contributed by atoms with E-state index in [0.717, 1.165) is 5.56 Å². The zero-order valence-corrected chi connectivity index (χ0v) is 22.1. The smallest absolute Gasteiger partial charge is 0.250 e. The molecule has 0 saturated carbocycles. The van der Waals surface area contributed by atoms with E-state index in [9.17, 15) is 9.90 Å². The van der Waals surface area contributed by atoms with Crippen molar-refractivity contribution >= 4 is 69.3 Å². The Balaban J connectivity index is 1.20. The van der Waals surface area contributed by atoms with Crippen LogP contribution in [0.25, 0.3) is 40.0 Å². The number of hydrogen-bond donors (Lipinski definition) is 3. The van der Waals surface area contributed by atoms with E-state index in [-0.39, 0.29) is 10.9 Å². The topological polar surface area (TPSA) is 101 Å². The molecular formula is C28H19Cl2N3O4S. The molecule has 0 fully saturated rings. The van der Waals surface area contributed by atoms with Gasteiger partial charge in [-0.25, -0.2) is 4.98 Å². The van der Waals surface area contributed by atoms with Gasteiger partial charge in [0.25, 0.3) is 0 Å². The number of carbonyl (C=O) groups excluding carboxylic acids is 1. The molecule has 0 atom stereocenters. The van der Waals surface area contributed by atoms with Gasteiger partial charge in [-0.05, 0) is 79.3 Å². The fourth-order valence-electron chi connectivity index (χ4n) is 3.70. The summed E-state index contributed by atoms with van der Waals surface area (Å²) in [4.78, 5) is 16.8. The third-order valence-electron chi connectivity index (χ3n) is 5.51. The zero-order chi connectivity index (χ0) is 26.8. The fourth-order valence-corrected chi connectivity index (χ4v) is 4.31. The molecule has 10 heteroatoms. The van der Waals surface area contributed by atoms with E-state index in [4.69, 9.17) is 44.3 Å². The maximum absolute atomic E-state index is 12.3. The van der Waals surface area contributed by atoms with Gasteiger partial charge in [0.15, 0.2) is 10.7 Å². The second kappa shape index (κ2) is 10.7. The minimum absolute atomic E-state index is 0.0509. The number of nitrogens with one attached hydrogen (secondary N) is 2. The molecule has 0 aliphatic carbocycles. The molecule has 190 valence electrons. The van der Waals surface area contributed by atoms with Gasteiger partial charge in [0.2, 0.25) is 11.8 Å². The summed E-state index contributed by atoms with van der Waals surface area (Å²) in [6, 6.07) is 19.2. The highest BCUT2D eigenvalue weighted by Crippen LogP contribution is 2.35. The maximum atomic E-state index is 12.3. The van der Waals surface area contributed by atoms with Gasteiger partial charge in [-0.1, -0.05) is 35.3 Å². The van der Waals surface area contributed by atoms with Gasteiger partial charge in [0, 0.05) is 23.4 Å². The lowest BCUT2D eigenvalue weighted by molar-refractivity contribution is -0.115. The maximum Gasteiger partial charge on any atom is 0.250 e. The van der Waals surface area contributed by atoms with E-state index >= 15 is 0 Å². The average Bonchev–Trinajstić information content (AvgIpc) is 3.51. The first-order valence-corrected chi connectivity index (χ1v) is 12.5. The summed E-state index contributed by atoms with van der Waals surface area (Å²) in [5, 5.41) is 16.8. The highest BCUT2D eigenvalue weighted by Gasteiger charge is 2.14. The lowest BCUT2D eigenvalue weighted by Gasteiger charge is -2.09. The number of nitrogens with zero attached hydrogens (tertiary/aromatic N) is 1. The Hall–Kier alpha value is -4.11. The number of aromatic nitrogens is 1. The molecule has 0 aliphatic rings. The molecule has 0 saturated heterocycles. The molecule has 0 bridgehead atoms. The highest BCUT2D eigenvalue weighted by molar-refractivity contribution is 7.80. The predicted molar refractivity (Wildman–Crippen MR) is 153 cm³/mol. The van der Waals surface area contributed by atoms with Crippen LogP contribution in [-0.2, 0) is 4.79 Å². The molecule has 1 amide bonds. The molecule has 0 spiro atoms. The lowest BCUT2D eigenvalue weighted by Crippen LogP contribution is -2.32. The Bertz CT molecular complexity index is 1720. The van der Waals surface area contributed by atoms with Crippen LogP contribution in [0.3, 0.4) is 0 Å². The van der Waals surface area contributed by atoms with Crippen LogP contribution in [0.4, 0.5) is 5.69 Å². The fraction of sp³-hybridized carbons (Fsp3) is 0.0357. The van der Waals surface area contributed by atoms with Crippen molar-refractivity contribution in [2.24, 2.45) is 0 Å². The Morgan fingerprint density at radius 2 is 1.87 bits per heavy atom. The molecule has 3 N–H and O–H groups in total. The molecule has 0 unspecified atom stereocenters. The monoisotopic (exact) mass is 563 g/mol. The summed E-state index contributed by atoms with van der Waals surface area (Å²) < 4.78 is 11.5. The standard InChI is InChI=1S/C28H19Cl2N3O4S/c1-15-5-10-24-21(13-15)32-27(37-24)18-9-6-16(14-22(18)34)31-28(38)33-25(35)12-8-17-7-11-23(36-17)19-3-2-4-20(29)26(19)30/h2-14,34H,1H3,(H2,31,33,35,38). The quantitative estimate of drug-likeness (QED) is 0.149. The van der Waals surface area contributed by atoms with E-state index in [1.54, 1.807) is 42.5 Å². The summed E-state index contributed by atoms with van der Waals surface area (Å²) in [6.07, 6.45) is 2.79. The van der Waals surface area contributed by atoms with Crippen molar-refractivity contribution in [3.8, 4) is 28.5 Å². The molecule has 7 nitrogen and oxygen atoms in total. The number of amides is 1. The minimum atomic E-state index is -0.469.